The summed E-state index contributed by atoms with van der Waals surface area (Å²) in [6, 6.07) is 15.7. The van der Waals surface area contributed by atoms with Gasteiger partial charge < -0.3 is 10.0 Å². The summed E-state index contributed by atoms with van der Waals surface area (Å²) < 4.78 is 0. The number of rotatable bonds is 6. The van der Waals surface area contributed by atoms with Crippen molar-refractivity contribution in [3.8, 4) is 0 Å². The van der Waals surface area contributed by atoms with Crippen LogP contribution in [0.2, 0.25) is 10.0 Å². The van der Waals surface area contributed by atoms with Gasteiger partial charge in [-0.15, -0.1) is 6.58 Å². The minimum atomic E-state index is -0.959. The van der Waals surface area contributed by atoms with Crippen LogP contribution in [0.5, 0.6) is 0 Å². The van der Waals surface area contributed by atoms with E-state index in [4.69, 9.17) is 23.2 Å². The van der Waals surface area contributed by atoms with Crippen LogP contribution in [0.4, 0.5) is 0 Å². The molecule has 3 unspecified atom stereocenters. The Morgan fingerprint density at radius 1 is 1.13 bits per heavy atom. The number of allylic oxidation sites excluding steroid dienone is 1. The number of amides is 1. The molecule has 0 saturated carbocycles. The molecule has 6 heteroatoms. The summed E-state index contributed by atoms with van der Waals surface area (Å²) in [6.07, 6.45) is 4.18. The number of carboxylic acids is 1. The normalized spacial score (nSPS) is 19.4. The van der Waals surface area contributed by atoms with E-state index in [1.807, 2.05) is 42.5 Å². The van der Waals surface area contributed by atoms with Gasteiger partial charge in [0.25, 0.3) is 0 Å². The fourth-order valence-corrected chi connectivity index (χ4v) is 3.97. The molecule has 2 aromatic rings. The minimum Gasteiger partial charge on any atom is -0.480 e. The van der Waals surface area contributed by atoms with Crippen LogP contribution in [0, 0.1) is 5.92 Å². The van der Waals surface area contributed by atoms with E-state index in [-0.39, 0.29) is 17.9 Å². The number of nitrogens with zero attached hydrogens (tertiary/aromatic N) is 1. The fourth-order valence-electron chi connectivity index (χ4n) is 3.69. The third-order valence-corrected chi connectivity index (χ3v) is 5.68. The Labute approximate surface area is 188 Å². The highest BCUT2D eigenvalue weighted by atomic mass is 35.5. The van der Waals surface area contributed by atoms with Crippen LogP contribution in [0.15, 0.2) is 67.3 Å². The highest BCUT2D eigenvalue weighted by molar-refractivity contribution is 6.30. The minimum absolute atomic E-state index is 0.0923. The summed E-state index contributed by atoms with van der Waals surface area (Å²) in [6.45, 7) is 5.49. The van der Waals surface area contributed by atoms with Crippen LogP contribution in [-0.2, 0) is 9.59 Å². The van der Waals surface area contributed by atoms with Crippen molar-refractivity contribution < 1.29 is 14.7 Å². The second-order valence-corrected chi connectivity index (χ2v) is 8.04. The second-order valence-electron chi connectivity index (χ2n) is 7.17. The summed E-state index contributed by atoms with van der Waals surface area (Å²) >= 11 is 11.5. The molecule has 1 amide bonds. The van der Waals surface area contributed by atoms with Crippen LogP contribution in [0.1, 0.15) is 44.2 Å². The van der Waals surface area contributed by atoms with Crippen molar-refractivity contribution in [2.24, 2.45) is 5.92 Å². The van der Waals surface area contributed by atoms with Crippen molar-refractivity contribution in [1.82, 2.24) is 4.90 Å². The molecule has 3 rings (SSSR count). The van der Waals surface area contributed by atoms with E-state index in [0.29, 0.717) is 17.9 Å². The summed E-state index contributed by atoms with van der Waals surface area (Å²) in [5.74, 6) is -1.23. The van der Waals surface area contributed by atoms with Crippen LogP contribution in [-0.4, -0.2) is 27.9 Å². The van der Waals surface area contributed by atoms with Crippen molar-refractivity contribution in [3.63, 3.8) is 0 Å². The summed E-state index contributed by atoms with van der Waals surface area (Å²) in [5, 5.41) is 10.9. The summed E-state index contributed by atoms with van der Waals surface area (Å²) in [7, 11) is 0. The van der Waals surface area contributed by atoms with Gasteiger partial charge in [-0.3, -0.25) is 4.79 Å². The number of carbonyl (C=O) groups excluding carboxylic acids is 1. The van der Waals surface area contributed by atoms with Gasteiger partial charge in [-0.1, -0.05) is 66.5 Å². The molecule has 4 nitrogen and oxygen atoms in total. The van der Waals surface area contributed by atoms with Crippen molar-refractivity contribution in [2.45, 2.75) is 44.7 Å². The molecule has 30 heavy (non-hydrogen) atoms. The molecule has 3 atom stereocenters. The van der Waals surface area contributed by atoms with Gasteiger partial charge in [-0.2, -0.15) is 0 Å². The van der Waals surface area contributed by atoms with Crippen molar-refractivity contribution in [2.75, 3.05) is 0 Å². The zero-order chi connectivity index (χ0) is 22.1. The molecule has 0 spiro atoms. The SMILES string of the molecule is C=CCC1CCC(c2ccc(Cl)cc2)N(C(CC)C(=O)O)C1=O.Clc1ccccc1. The topological polar surface area (TPSA) is 57.6 Å². The molecule has 1 aliphatic rings. The van der Waals surface area contributed by atoms with Gasteiger partial charge in [-0.25, -0.2) is 4.79 Å². The molecular formula is C24H27Cl2NO3. The molecule has 1 saturated heterocycles. The average molecular weight is 448 g/mol. The third-order valence-electron chi connectivity index (χ3n) is 5.17. The quantitative estimate of drug-likeness (QED) is 0.521. The molecule has 1 fully saturated rings. The maximum atomic E-state index is 12.9. The maximum absolute atomic E-state index is 12.9. The molecule has 1 N–H and O–H groups in total. The molecule has 2 aromatic carbocycles. The van der Waals surface area contributed by atoms with Crippen molar-refractivity contribution in [1.29, 1.82) is 0 Å². The van der Waals surface area contributed by atoms with Gasteiger partial charge in [-0.05, 0) is 55.5 Å². The first-order chi connectivity index (χ1) is 14.4. The highest BCUT2D eigenvalue weighted by Crippen LogP contribution is 2.38. The number of benzene rings is 2. The molecule has 0 aliphatic carbocycles. The smallest absolute Gasteiger partial charge is 0.326 e. The van der Waals surface area contributed by atoms with E-state index in [1.54, 1.807) is 30.0 Å². The number of hydrogen-bond donors (Lipinski definition) is 1. The lowest BCUT2D eigenvalue weighted by Crippen LogP contribution is -2.51. The number of likely N-dealkylation sites (tertiary alicyclic amines) is 1. The van der Waals surface area contributed by atoms with Crippen LogP contribution >= 0.6 is 23.2 Å². The van der Waals surface area contributed by atoms with E-state index in [1.165, 1.54) is 0 Å². The Morgan fingerprint density at radius 2 is 1.73 bits per heavy atom. The van der Waals surface area contributed by atoms with E-state index in [2.05, 4.69) is 6.58 Å². The van der Waals surface area contributed by atoms with Crippen LogP contribution < -0.4 is 0 Å². The predicted octanol–water partition coefficient (Wildman–Crippen LogP) is 6.40. The van der Waals surface area contributed by atoms with Gasteiger partial charge in [0.05, 0.1) is 6.04 Å². The van der Waals surface area contributed by atoms with Gasteiger partial charge in [0.1, 0.15) is 6.04 Å². The Kier molecular flexibility index (Phi) is 9.41. The highest BCUT2D eigenvalue weighted by Gasteiger charge is 2.41. The monoisotopic (exact) mass is 447 g/mol. The number of piperidine rings is 1. The maximum Gasteiger partial charge on any atom is 0.326 e. The van der Waals surface area contributed by atoms with E-state index < -0.39 is 12.0 Å². The number of carbonyl (C=O) groups is 2. The largest absolute Gasteiger partial charge is 0.480 e. The number of aliphatic carboxylic acids is 1. The number of carboxylic acid groups (broad SMARTS) is 1. The van der Waals surface area contributed by atoms with Crippen molar-refractivity contribution in [3.05, 3.63) is 82.9 Å². The lowest BCUT2D eigenvalue weighted by atomic mass is 9.85. The Bertz CT molecular complexity index is 839. The summed E-state index contributed by atoms with van der Waals surface area (Å²) in [5.41, 5.74) is 0.930. The van der Waals surface area contributed by atoms with Crippen molar-refractivity contribution >= 4 is 35.1 Å². The first kappa shape index (κ1) is 24.0. The van der Waals surface area contributed by atoms with Gasteiger partial charge in [0.15, 0.2) is 0 Å². The number of halogens is 2. The molecule has 0 radical (unpaired) electrons. The average Bonchev–Trinajstić information content (AvgIpc) is 2.73. The lowest BCUT2D eigenvalue weighted by Gasteiger charge is -2.42. The second kappa shape index (κ2) is 11.8. The van der Waals surface area contributed by atoms with Gasteiger partial charge >= 0.3 is 5.97 Å². The number of hydrogen-bond acceptors (Lipinski definition) is 2. The Hall–Kier alpha value is -2.30. The lowest BCUT2D eigenvalue weighted by molar-refractivity contribution is -0.158. The molecule has 0 aromatic heterocycles. The standard InChI is InChI=1S/C18H22ClNO3.C6H5Cl/c1-3-5-13-8-11-16(12-6-9-14(19)10-7-12)20(17(13)21)15(4-2)18(22)23;7-6-4-2-1-3-5-6/h3,6-7,9-10,13,15-16H,1,4-5,8,11H2,2H3,(H,22,23);1-5H. The zero-order valence-electron chi connectivity index (χ0n) is 17.0. The van der Waals surface area contributed by atoms with E-state index in [0.717, 1.165) is 23.4 Å². The fraction of sp³-hybridized carbons (Fsp3) is 0.333. The molecule has 1 heterocycles. The zero-order valence-corrected chi connectivity index (χ0v) is 18.5. The predicted molar refractivity (Wildman–Crippen MR) is 122 cm³/mol. The van der Waals surface area contributed by atoms with Crippen LogP contribution in [0.3, 0.4) is 0 Å². The molecule has 160 valence electrons. The molecule has 0 bridgehead atoms. The first-order valence-electron chi connectivity index (χ1n) is 10.0. The molecular weight excluding hydrogens is 421 g/mol. The first-order valence-corrected chi connectivity index (χ1v) is 10.8. The van der Waals surface area contributed by atoms with E-state index in [9.17, 15) is 14.7 Å². The van der Waals surface area contributed by atoms with Crippen LogP contribution in [0.25, 0.3) is 0 Å². The Morgan fingerprint density at radius 3 is 2.20 bits per heavy atom. The van der Waals surface area contributed by atoms with Gasteiger partial charge in [0.2, 0.25) is 5.91 Å². The van der Waals surface area contributed by atoms with E-state index >= 15 is 0 Å². The molecule has 1 aliphatic heterocycles. The summed E-state index contributed by atoms with van der Waals surface area (Å²) in [4.78, 5) is 26.1. The third kappa shape index (κ3) is 6.35. The van der Waals surface area contributed by atoms with Gasteiger partial charge in [0, 0.05) is 16.0 Å². The Balaban J connectivity index is 0.000000386.